The molecule has 0 saturated carbocycles. The first-order chi connectivity index (χ1) is 6.48. The van der Waals surface area contributed by atoms with Gasteiger partial charge in [0.05, 0.1) is 5.54 Å². The first-order valence-electron chi connectivity index (χ1n) is 4.75. The second-order valence-corrected chi connectivity index (χ2v) is 4.80. The van der Waals surface area contributed by atoms with Crippen LogP contribution >= 0.6 is 11.6 Å². The molecule has 1 aliphatic heterocycles. The number of aryl methyl sites for hydroxylation is 1. The van der Waals surface area contributed by atoms with Crippen molar-refractivity contribution in [2.24, 2.45) is 0 Å². The van der Waals surface area contributed by atoms with Gasteiger partial charge in [-0.05, 0) is 44.0 Å². The third-order valence-electron chi connectivity index (χ3n) is 2.46. The van der Waals surface area contributed by atoms with Gasteiger partial charge in [-0.15, -0.1) is 0 Å². The molecule has 0 aliphatic carbocycles. The Morgan fingerprint density at radius 1 is 1.29 bits per heavy atom. The van der Waals surface area contributed by atoms with Crippen LogP contribution < -0.4 is 5.32 Å². The van der Waals surface area contributed by atoms with Crippen molar-refractivity contribution in [3.8, 4) is 0 Å². The minimum atomic E-state index is 0.0333. The van der Waals surface area contributed by atoms with E-state index in [2.05, 4.69) is 38.2 Å². The van der Waals surface area contributed by atoms with E-state index >= 15 is 0 Å². The molecule has 0 amide bonds. The molecule has 0 bridgehead atoms. The summed E-state index contributed by atoms with van der Waals surface area (Å²) in [6.07, 6.45) is 4.29. The first kappa shape index (κ1) is 9.60. The molecule has 2 heteroatoms. The van der Waals surface area contributed by atoms with E-state index in [0.717, 1.165) is 5.02 Å². The summed E-state index contributed by atoms with van der Waals surface area (Å²) in [5, 5.41) is 4.28. The molecule has 0 aromatic heterocycles. The van der Waals surface area contributed by atoms with Gasteiger partial charge >= 0.3 is 0 Å². The summed E-state index contributed by atoms with van der Waals surface area (Å²) in [6.45, 7) is 6.38. The van der Waals surface area contributed by atoms with Gasteiger partial charge in [0.2, 0.25) is 0 Å². The van der Waals surface area contributed by atoms with Crippen LogP contribution in [0.2, 0.25) is 5.02 Å². The zero-order valence-corrected chi connectivity index (χ0v) is 9.44. The fourth-order valence-electron chi connectivity index (χ4n) is 1.73. The van der Waals surface area contributed by atoms with Crippen molar-refractivity contribution < 1.29 is 0 Å². The van der Waals surface area contributed by atoms with Crippen LogP contribution in [-0.2, 0) is 0 Å². The highest BCUT2D eigenvalue weighted by Gasteiger charge is 2.20. The van der Waals surface area contributed by atoms with Crippen LogP contribution in [0.5, 0.6) is 0 Å². The Labute approximate surface area is 89.8 Å². The van der Waals surface area contributed by atoms with E-state index in [9.17, 15) is 0 Å². The average molecular weight is 208 g/mol. The summed E-state index contributed by atoms with van der Waals surface area (Å²) in [5.41, 5.74) is 3.60. The van der Waals surface area contributed by atoms with Crippen molar-refractivity contribution in [3.63, 3.8) is 0 Å². The number of hydrogen-bond donors (Lipinski definition) is 1. The van der Waals surface area contributed by atoms with Gasteiger partial charge < -0.3 is 5.32 Å². The first-order valence-corrected chi connectivity index (χ1v) is 5.13. The maximum absolute atomic E-state index is 5.99. The van der Waals surface area contributed by atoms with Crippen LogP contribution in [0.25, 0.3) is 6.08 Å². The van der Waals surface area contributed by atoms with Crippen LogP contribution in [0.4, 0.5) is 5.69 Å². The Morgan fingerprint density at radius 3 is 2.71 bits per heavy atom. The molecule has 14 heavy (non-hydrogen) atoms. The van der Waals surface area contributed by atoms with Crippen molar-refractivity contribution in [3.05, 3.63) is 34.4 Å². The number of rotatable bonds is 0. The lowest BCUT2D eigenvalue weighted by Crippen LogP contribution is -2.30. The molecule has 1 aromatic rings. The fourth-order valence-corrected chi connectivity index (χ4v) is 2.01. The fraction of sp³-hybridized carbons (Fsp3) is 0.333. The number of hydrogen-bond acceptors (Lipinski definition) is 1. The molecule has 0 radical (unpaired) electrons. The zero-order valence-electron chi connectivity index (χ0n) is 8.69. The Balaban J connectivity index is 2.56. The minimum absolute atomic E-state index is 0.0333. The van der Waals surface area contributed by atoms with Crippen LogP contribution in [0, 0.1) is 6.92 Å². The molecular formula is C12H14ClN. The summed E-state index contributed by atoms with van der Waals surface area (Å²) < 4.78 is 0. The molecule has 1 N–H and O–H groups in total. The highest BCUT2D eigenvalue weighted by atomic mass is 35.5. The van der Waals surface area contributed by atoms with Gasteiger partial charge in [0.15, 0.2) is 0 Å². The van der Waals surface area contributed by atoms with Crippen LogP contribution in [-0.4, -0.2) is 5.54 Å². The molecular weight excluding hydrogens is 194 g/mol. The van der Waals surface area contributed by atoms with Crippen molar-refractivity contribution in [1.29, 1.82) is 0 Å². The Morgan fingerprint density at radius 2 is 2.00 bits per heavy atom. The predicted octanol–water partition coefficient (Wildman–Crippen LogP) is 3.87. The van der Waals surface area contributed by atoms with E-state index in [0.29, 0.717) is 0 Å². The molecule has 2 rings (SSSR count). The van der Waals surface area contributed by atoms with Crippen LogP contribution in [0.1, 0.15) is 25.0 Å². The highest BCUT2D eigenvalue weighted by Crippen LogP contribution is 2.33. The van der Waals surface area contributed by atoms with Gasteiger partial charge in [0, 0.05) is 10.7 Å². The van der Waals surface area contributed by atoms with E-state index in [1.165, 1.54) is 16.8 Å². The van der Waals surface area contributed by atoms with Crippen molar-refractivity contribution in [1.82, 2.24) is 0 Å². The number of benzene rings is 1. The third-order valence-corrected chi connectivity index (χ3v) is 2.68. The summed E-state index contributed by atoms with van der Waals surface area (Å²) in [7, 11) is 0. The standard InChI is InChI=1S/C12H14ClN/c1-8-6-10(13)7-9-4-5-12(2,3)14-11(8)9/h4-7,14H,1-3H3. The molecule has 74 valence electrons. The monoisotopic (exact) mass is 207 g/mol. The number of fused-ring (bicyclic) bond motifs is 1. The molecule has 1 nitrogen and oxygen atoms in total. The topological polar surface area (TPSA) is 12.0 Å². The Bertz CT molecular complexity index is 405. The molecule has 1 aliphatic rings. The van der Waals surface area contributed by atoms with Crippen molar-refractivity contribution >= 4 is 23.4 Å². The number of anilines is 1. The maximum atomic E-state index is 5.99. The van der Waals surface area contributed by atoms with Gasteiger partial charge in [-0.2, -0.15) is 0 Å². The number of halogens is 1. The molecule has 0 fully saturated rings. The molecule has 1 heterocycles. The van der Waals surface area contributed by atoms with Crippen molar-refractivity contribution in [2.45, 2.75) is 26.3 Å². The largest absolute Gasteiger partial charge is 0.376 e. The Hall–Kier alpha value is -0.950. The highest BCUT2D eigenvalue weighted by molar-refractivity contribution is 6.31. The minimum Gasteiger partial charge on any atom is -0.376 e. The second kappa shape index (κ2) is 3.03. The summed E-state index contributed by atoms with van der Waals surface area (Å²) in [5.74, 6) is 0. The van der Waals surface area contributed by atoms with Crippen LogP contribution in [0.15, 0.2) is 18.2 Å². The lowest BCUT2D eigenvalue weighted by Gasteiger charge is -2.30. The third kappa shape index (κ3) is 1.64. The second-order valence-electron chi connectivity index (χ2n) is 4.37. The van der Waals surface area contributed by atoms with Crippen molar-refractivity contribution in [2.75, 3.05) is 5.32 Å². The maximum Gasteiger partial charge on any atom is 0.0503 e. The van der Waals surface area contributed by atoms with Gasteiger partial charge in [-0.3, -0.25) is 0 Å². The lowest BCUT2D eigenvalue weighted by molar-refractivity contribution is 0.710. The van der Waals surface area contributed by atoms with Gasteiger partial charge in [-0.1, -0.05) is 23.8 Å². The normalized spacial score (nSPS) is 17.4. The van der Waals surface area contributed by atoms with E-state index in [1.54, 1.807) is 0 Å². The van der Waals surface area contributed by atoms with E-state index in [-0.39, 0.29) is 5.54 Å². The molecule has 0 saturated heterocycles. The average Bonchev–Trinajstić information content (AvgIpc) is 2.06. The SMILES string of the molecule is Cc1cc(Cl)cc2c1NC(C)(C)C=C2. The molecule has 1 aromatic carbocycles. The van der Waals surface area contributed by atoms with Crippen LogP contribution in [0.3, 0.4) is 0 Å². The summed E-state index contributed by atoms with van der Waals surface area (Å²) >= 11 is 5.99. The van der Waals surface area contributed by atoms with Gasteiger partial charge in [0.1, 0.15) is 0 Å². The summed E-state index contributed by atoms with van der Waals surface area (Å²) in [4.78, 5) is 0. The predicted molar refractivity (Wildman–Crippen MR) is 62.9 cm³/mol. The van der Waals surface area contributed by atoms with Gasteiger partial charge in [-0.25, -0.2) is 0 Å². The number of nitrogens with one attached hydrogen (secondary N) is 1. The molecule has 0 atom stereocenters. The zero-order chi connectivity index (χ0) is 10.3. The molecule has 0 unspecified atom stereocenters. The van der Waals surface area contributed by atoms with E-state index in [1.807, 2.05) is 12.1 Å². The quantitative estimate of drug-likeness (QED) is 0.681. The molecule has 0 spiro atoms. The van der Waals surface area contributed by atoms with E-state index < -0.39 is 0 Å². The van der Waals surface area contributed by atoms with E-state index in [4.69, 9.17) is 11.6 Å². The van der Waals surface area contributed by atoms with Gasteiger partial charge in [0.25, 0.3) is 0 Å². The smallest absolute Gasteiger partial charge is 0.0503 e. The lowest BCUT2D eigenvalue weighted by atomic mass is 9.95. The Kier molecular flexibility index (Phi) is 2.07. The summed E-state index contributed by atoms with van der Waals surface area (Å²) in [6, 6.07) is 3.98.